The topological polar surface area (TPSA) is 72.7 Å². The number of benzene rings is 2. The van der Waals surface area contributed by atoms with Gasteiger partial charge < -0.3 is 0 Å². The summed E-state index contributed by atoms with van der Waals surface area (Å²) in [6.45, 7) is 1.90. The largest absolute Gasteiger partial charge is 0.290 e. The fraction of sp³-hybridized carbons (Fsp3) is 0.0476. The van der Waals surface area contributed by atoms with Crippen LogP contribution in [0.3, 0.4) is 0 Å². The Balaban J connectivity index is 1.76. The summed E-state index contributed by atoms with van der Waals surface area (Å²) in [5, 5.41) is 7.43. The predicted octanol–water partition coefficient (Wildman–Crippen LogP) is 3.89. The number of amides is 1. The zero-order valence-corrected chi connectivity index (χ0v) is 14.7. The van der Waals surface area contributed by atoms with Crippen LogP contribution in [0, 0.1) is 6.92 Å². The van der Waals surface area contributed by atoms with Crippen molar-refractivity contribution in [1.82, 2.24) is 19.7 Å². The number of carbonyl (C=O) groups excluding carboxylic acids is 1. The summed E-state index contributed by atoms with van der Waals surface area (Å²) in [6, 6.07) is 22.5. The van der Waals surface area contributed by atoms with E-state index in [0.29, 0.717) is 23.0 Å². The highest BCUT2D eigenvalue weighted by atomic mass is 16.1. The van der Waals surface area contributed by atoms with Crippen LogP contribution < -0.4 is 5.32 Å². The van der Waals surface area contributed by atoms with E-state index in [2.05, 4.69) is 20.4 Å². The summed E-state index contributed by atoms with van der Waals surface area (Å²) in [4.78, 5) is 21.6. The summed E-state index contributed by atoms with van der Waals surface area (Å²) < 4.78 is 1.61. The molecule has 2 aromatic heterocycles. The first-order chi connectivity index (χ1) is 13.2. The van der Waals surface area contributed by atoms with E-state index in [1.54, 1.807) is 16.9 Å². The van der Waals surface area contributed by atoms with Gasteiger partial charge in [0.15, 0.2) is 0 Å². The van der Waals surface area contributed by atoms with Gasteiger partial charge in [0.05, 0.1) is 5.69 Å². The fourth-order valence-electron chi connectivity index (χ4n) is 2.74. The van der Waals surface area contributed by atoms with E-state index in [1.807, 2.05) is 73.7 Å². The molecule has 0 bridgehead atoms. The van der Waals surface area contributed by atoms with Crippen molar-refractivity contribution < 1.29 is 4.79 Å². The Hall–Kier alpha value is -3.80. The molecule has 0 saturated heterocycles. The summed E-state index contributed by atoms with van der Waals surface area (Å²) in [5.41, 5.74) is 2.93. The van der Waals surface area contributed by atoms with E-state index in [0.717, 1.165) is 11.3 Å². The van der Waals surface area contributed by atoms with Gasteiger partial charge in [0.25, 0.3) is 5.91 Å². The molecule has 0 aliphatic heterocycles. The Kier molecular flexibility index (Phi) is 4.45. The third-order valence-electron chi connectivity index (χ3n) is 4.12. The monoisotopic (exact) mass is 355 g/mol. The Morgan fingerprint density at radius 2 is 1.67 bits per heavy atom. The number of pyridine rings is 1. The van der Waals surface area contributed by atoms with Gasteiger partial charge in [-0.2, -0.15) is 9.67 Å². The second kappa shape index (κ2) is 7.21. The van der Waals surface area contributed by atoms with Gasteiger partial charge in [-0.1, -0.05) is 42.5 Å². The summed E-state index contributed by atoms with van der Waals surface area (Å²) >= 11 is 0. The van der Waals surface area contributed by atoms with Crippen LogP contribution in [0.2, 0.25) is 0 Å². The summed E-state index contributed by atoms with van der Waals surface area (Å²) in [5.74, 6) is 0.555. The molecule has 0 fully saturated rings. The molecule has 2 aromatic carbocycles. The number of nitrogens with zero attached hydrogens (tertiary/aromatic N) is 4. The van der Waals surface area contributed by atoms with Crippen molar-refractivity contribution in [2.24, 2.45) is 0 Å². The molecule has 0 radical (unpaired) electrons. The summed E-state index contributed by atoms with van der Waals surface area (Å²) in [6.07, 6.45) is 1.68. The van der Waals surface area contributed by atoms with E-state index < -0.39 is 0 Å². The zero-order valence-electron chi connectivity index (χ0n) is 14.7. The molecule has 27 heavy (non-hydrogen) atoms. The summed E-state index contributed by atoms with van der Waals surface area (Å²) in [7, 11) is 0. The normalized spacial score (nSPS) is 10.6. The number of anilines is 1. The van der Waals surface area contributed by atoms with Crippen LogP contribution in [0.15, 0.2) is 79.0 Å². The molecular weight excluding hydrogens is 338 g/mol. The number of aryl methyl sites for hydroxylation is 1. The molecular formula is C21H17N5O. The molecule has 2 heterocycles. The van der Waals surface area contributed by atoms with Crippen LogP contribution in [-0.4, -0.2) is 25.7 Å². The molecule has 4 rings (SSSR count). The van der Waals surface area contributed by atoms with Crippen molar-refractivity contribution in [3.8, 4) is 17.2 Å². The lowest BCUT2D eigenvalue weighted by Crippen LogP contribution is -2.16. The van der Waals surface area contributed by atoms with E-state index in [1.165, 1.54) is 0 Å². The number of nitrogens with one attached hydrogen (secondary N) is 1. The third kappa shape index (κ3) is 3.46. The minimum absolute atomic E-state index is 0.231. The van der Waals surface area contributed by atoms with Crippen LogP contribution in [-0.2, 0) is 0 Å². The van der Waals surface area contributed by atoms with E-state index >= 15 is 0 Å². The van der Waals surface area contributed by atoms with Crippen LogP contribution >= 0.6 is 0 Å². The predicted molar refractivity (Wildman–Crippen MR) is 104 cm³/mol. The van der Waals surface area contributed by atoms with Gasteiger partial charge in [-0.3, -0.25) is 15.1 Å². The maximum absolute atomic E-state index is 12.8. The van der Waals surface area contributed by atoms with Gasteiger partial charge in [-0.25, -0.2) is 0 Å². The maximum Gasteiger partial charge on any atom is 0.258 e. The third-order valence-corrected chi connectivity index (χ3v) is 4.12. The Labute approximate surface area is 156 Å². The first kappa shape index (κ1) is 16.7. The number of hydrogen-bond donors (Lipinski definition) is 1. The highest BCUT2D eigenvalue weighted by Crippen LogP contribution is 2.20. The number of carbonyl (C=O) groups is 1. The molecule has 0 atom stereocenters. The average Bonchev–Trinajstić information content (AvgIpc) is 3.13. The van der Waals surface area contributed by atoms with Gasteiger partial charge in [-0.05, 0) is 42.8 Å². The molecule has 132 valence electrons. The standard InChI is InChI=1S/C21H17N5O/c1-15-9-5-6-12-17(15)20(27)24-21-23-19(18-13-7-8-14-22-18)25-26(21)16-10-3-2-4-11-16/h2-14H,1H3,(H,23,24,25,27). The Morgan fingerprint density at radius 3 is 2.41 bits per heavy atom. The Bertz CT molecular complexity index is 1070. The highest BCUT2D eigenvalue weighted by molar-refractivity contribution is 6.04. The van der Waals surface area contributed by atoms with Gasteiger partial charge in [0.1, 0.15) is 5.69 Å². The first-order valence-corrected chi connectivity index (χ1v) is 8.53. The lowest BCUT2D eigenvalue weighted by molar-refractivity contribution is 0.102. The van der Waals surface area contributed by atoms with Gasteiger partial charge in [-0.15, -0.1) is 5.10 Å². The quantitative estimate of drug-likeness (QED) is 0.603. The van der Waals surface area contributed by atoms with Crippen molar-refractivity contribution in [1.29, 1.82) is 0 Å². The second-order valence-corrected chi connectivity index (χ2v) is 5.99. The smallest absolute Gasteiger partial charge is 0.258 e. The van der Waals surface area contributed by atoms with Crippen molar-refractivity contribution in [2.45, 2.75) is 6.92 Å². The van der Waals surface area contributed by atoms with Crippen LogP contribution in [0.1, 0.15) is 15.9 Å². The van der Waals surface area contributed by atoms with Crippen molar-refractivity contribution in [2.75, 3.05) is 5.32 Å². The molecule has 4 aromatic rings. The number of aromatic nitrogens is 4. The van der Waals surface area contributed by atoms with E-state index in [-0.39, 0.29) is 5.91 Å². The second-order valence-electron chi connectivity index (χ2n) is 5.99. The van der Waals surface area contributed by atoms with Crippen molar-refractivity contribution >= 4 is 11.9 Å². The Morgan fingerprint density at radius 1 is 0.926 bits per heavy atom. The molecule has 0 saturated carbocycles. The molecule has 0 unspecified atom stereocenters. The molecule has 0 aliphatic carbocycles. The SMILES string of the molecule is Cc1ccccc1C(=O)Nc1nc(-c2ccccn2)nn1-c1ccccc1. The molecule has 0 aliphatic rings. The molecule has 6 nitrogen and oxygen atoms in total. The minimum atomic E-state index is -0.231. The minimum Gasteiger partial charge on any atom is -0.290 e. The zero-order chi connectivity index (χ0) is 18.6. The van der Waals surface area contributed by atoms with Crippen molar-refractivity contribution in [3.05, 3.63) is 90.1 Å². The molecule has 1 amide bonds. The fourth-order valence-corrected chi connectivity index (χ4v) is 2.74. The van der Waals surface area contributed by atoms with E-state index in [9.17, 15) is 4.79 Å². The molecule has 0 spiro atoms. The number of para-hydroxylation sites is 1. The van der Waals surface area contributed by atoms with Gasteiger partial charge >= 0.3 is 0 Å². The van der Waals surface area contributed by atoms with Crippen LogP contribution in [0.25, 0.3) is 17.2 Å². The van der Waals surface area contributed by atoms with Crippen LogP contribution in [0.4, 0.5) is 5.95 Å². The first-order valence-electron chi connectivity index (χ1n) is 8.53. The number of rotatable bonds is 4. The van der Waals surface area contributed by atoms with Gasteiger partial charge in [0, 0.05) is 11.8 Å². The maximum atomic E-state index is 12.8. The van der Waals surface area contributed by atoms with E-state index in [4.69, 9.17) is 0 Å². The molecule has 1 N–H and O–H groups in total. The van der Waals surface area contributed by atoms with Gasteiger partial charge in [0.2, 0.25) is 11.8 Å². The lowest BCUT2D eigenvalue weighted by Gasteiger charge is -2.08. The lowest BCUT2D eigenvalue weighted by atomic mass is 10.1. The highest BCUT2D eigenvalue weighted by Gasteiger charge is 2.17. The molecule has 6 heteroatoms. The van der Waals surface area contributed by atoms with Crippen LogP contribution in [0.5, 0.6) is 0 Å². The number of hydrogen-bond acceptors (Lipinski definition) is 4. The average molecular weight is 355 g/mol. The van der Waals surface area contributed by atoms with Crippen molar-refractivity contribution in [3.63, 3.8) is 0 Å².